The summed E-state index contributed by atoms with van der Waals surface area (Å²) in [5.41, 5.74) is 0. The van der Waals surface area contributed by atoms with Crippen LogP contribution in [-0.2, 0) is 0 Å². The van der Waals surface area contributed by atoms with E-state index in [1.54, 1.807) is 0 Å². The molecule has 0 bridgehead atoms. The van der Waals surface area contributed by atoms with Crippen LogP contribution in [0.3, 0.4) is 0 Å². The van der Waals surface area contributed by atoms with Gasteiger partial charge in [0.25, 0.3) is 0 Å². The van der Waals surface area contributed by atoms with Gasteiger partial charge in [0.2, 0.25) is 0 Å². The highest BCUT2D eigenvalue weighted by atomic mass is 14.3. The highest BCUT2D eigenvalue weighted by Crippen LogP contribution is 2.42. The molecule has 0 unspecified atom stereocenters. The Hall–Kier alpha value is -0.520. The van der Waals surface area contributed by atoms with Crippen LogP contribution in [0, 0.1) is 23.7 Å². The maximum atomic E-state index is 3.95. The first kappa shape index (κ1) is 13.9. The molecule has 0 aromatic carbocycles. The molecule has 0 N–H and O–H groups in total. The van der Waals surface area contributed by atoms with E-state index in [1.165, 1.54) is 64.2 Å². The third-order valence-corrected chi connectivity index (χ3v) is 5.49. The molecule has 18 heavy (non-hydrogen) atoms. The molecule has 2 aliphatic carbocycles. The van der Waals surface area contributed by atoms with Crippen LogP contribution in [0.2, 0.25) is 0 Å². The van der Waals surface area contributed by atoms with Crippen LogP contribution >= 0.6 is 0 Å². The van der Waals surface area contributed by atoms with Crippen molar-refractivity contribution in [3.8, 4) is 0 Å². The summed E-state index contributed by atoms with van der Waals surface area (Å²) in [5, 5.41) is 0. The normalized spacial score (nSPS) is 37.1. The minimum atomic E-state index is 0.824. The molecule has 0 aromatic heterocycles. The second-order valence-corrected chi connectivity index (χ2v) is 6.56. The van der Waals surface area contributed by atoms with Crippen LogP contribution in [0.25, 0.3) is 0 Å². The molecule has 0 aliphatic heterocycles. The molecule has 0 amide bonds. The summed E-state index contributed by atoms with van der Waals surface area (Å²) in [5.74, 6) is 3.92. The lowest BCUT2D eigenvalue weighted by Crippen LogP contribution is -2.25. The van der Waals surface area contributed by atoms with Gasteiger partial charge in [0.15, 0.2) is 0 Å². The predicted octanol–water partition coefficient (Wildman–Crippen LogP) is 5.75. The molecule has 0 heteroatoms. The minimum absolute atomic E-state index is 0.824. The SMILES string of the molecule is C=CCC[C@H]1CC[C@H]([C@H]2CC[C@H](C=C)CC2)CC1. The molecule has 0 spiro atoms. The van der Waals surface area contributed by atoms with Crippen LogP contribution in [0.15, 0.2) is 25.3 Å². The molecular formula is C18H30. The van der Waals surface area contributed by atoms with E-state index in [1.807, 2.05) is 0 Å². The molecule has 2 aliphatic rings. The van der Waals surface area contributed by atoms with E-state index in [0.29, 0.717) is 0 Å². The highest BCUT2D eigenvalue weighted by Gasteiger charge is 2.29. The predicted molar refractivity (Wildman–Crippen MR) is 80.5 cm³/mol. The van der Waals surface area contributed by atoms with E-state index in [-0.39, 0.29) is 0 Å². The van der Waals surface area contributed by atoms with Crippen LogP contribution in [-0.4, -0.2) is 0 Å². The van der Waals surface area contributed by atoms with Crippen LogP contribution in [0.1, 0.15) is 64.2 Å². The largest absolute Gasteiger partial charge is 0.103 e. The average molecular weight is 246 g/mol. The number of rotatable bonds is 5. The van der Waals surface area contributed by atoms with Gasteiger partial charge in [-0.25, -0.2) is 0 Å². The summed E-state index contributed by atoms with van der Waals surface area (Å²) in [4.78, 5) is 0. The van der Waals surface area contributed by atoms with Gasteiger partial charge in [0, 0.05) is 0 Å². The van der Waals surface area contributed by atoms with Crippen LogP contribution in [0.4, 0.5) is 0 Å². The van der Waals surface area contributed by atoms with Gasteiger partial charge in [0.1, 0.15) is 0 Å². The van der Waals surface area contributed by atoms with Crippen LogP contribution in [0.5, 0.6) is 0 Å². The fourth-order valence-electron chi connectivity index (χ4n) is 4.15. The van der Waals surface area contributed by atoms with Gasteiger partial charge in [-0.05, 0) is 75.0 Å². The Labute approximate surface area is 114 Å². The van der Waals surface area contributed by atoms with Gasteiger partial charge < -0.3 is 0 Å². The quantitative estimate of drug-likeness (QED) is 0.542. The van der Waals surface area contributed by atoms with E-state index in [9.17, 15) is 0 Å². The third-order valence-electron chi connectivity index (χ3n) is 5.49. The number of allylic oxidation sites excluding steroid dienone is 2. The molecule has 2 rings (SSSR count). The molecule has 102 valence electrons. The Morgan fingerprint density at radius 3 is 1.83 bits per heavy atom. The zero-order chi connectivity index (χ0) is 12.8. The van der Waals surface area contributed by atoms with Gasteiger partial charge >= 0.3 is 0 Å². The molecule has 0 atom stereocenters. The first-order valence-corrected chi connectivity index (χ1v) is 8.07. The molecule has 0 nitrogen and oxygen atoms in total. The minimum Gasteiger partial charge on any atom is -0.103 e. The Balaban J connectivity index is 1.70. The second-order valence-electron chi connectivity index (χ2n) is 6.56. The topological polar surface area (TPSA) is 0 Å². The van der Waals surface area contributed by atoms with E-state index in [0.717, 1.165) is 23.7 Å². The molecule has 2 saturated carbocycles. The summed E-state index contributed by atoms with van der Waals surface area (Å²) in [7, 11) is 0. The second kappa shape index (κ2) is 7.16. The lowest BCUT2D eigenvalue weighted by atomic mass is 9.69. The summed E-state index contributed by atoms with van der Waals surface area (Å²) < 4.78 is 0. The van der Waals surface area contributed by atoms with Crippen molar-refractivity contribution in [2.45, 2.75) is 64.2 Å². The number of hydrogen-bond acceptors (Lipinski definition) is 0. The van der Waals surface area contributed by atoms with Crippen molar-refractivity contribution in [3.63, 3.8) is 0 Å². The van der Waals surface area contributed by atoms with Crippen molar-refractivity contribution in [3.05, 3.63) is 25.3 Å². The summed E-state index contributed by atoms with van der Waals surface area (Å²) in [6.45, 7) is 7.79. The van der Waals surface area contributed by atoms with Crippen molar-refractivity contribution in [1.82, 2.24) is 0 Å². The smallest absolute Gasteiger partial charge is 0.0236 e. The Kier molecular flexibility index (Phi) is 5.53. The van der Waals surface area contributed by atoms with Crippen LogP contribution < -0.4 is 0 Å². The van der Waals surface area contributed by atoms with E-state index < -0.39 is 0 Å². The average Bonchev–Trinajstić information content (AvgIpc) is 2.46. The van der Waals surface area contributed by atoms with Crippen molar-refractivity contribution in [1.29, 1.82) is 0 Å². The van der Waals surface area contributed by atoms with E-state index in [4.69, 9.17) is 0 Å². The lowest BCUT2D eigenvalue weighted by Gasteiger charge is -2.37. The maximum absolute atomic E-state index is 3.95. The standard InChI is InChI=1S/C18H30/c1-3-5-6-16-9-13-18(14-10-16)17-11-7-15(4-2)8-12-17/h3-4,15-18H,1-2,5-14H2/t15-,16-,17-,18-. The maximum Gasteiger partial charge on any atom is -0.0236 e. The molecule has 2 fully saturated rings. The molecular weight excluding hydrogens is 216 g/mol. The third kappa shape index (κ3) is 3.73. The molecule has 0 saturated heterocycles. The van der Waals surface area contributed by atoms with Crippen molar-refractivity contribution >= 4 is 0 Å². The van der Waals surface area contributed by atoms with Gasteiger partial charge in [-0.1, -0.05) is 25.0 Å². The summed E-state index contributed by atoms with van der Waals surface area (Å²) in [6, 6.07) is 0. The molecule has 0 aromatic rings. The Morgan fingerprint density at radius 2 is 1.33 bits per heavy atom. The van der Waals surface area contributed by atoms with Gasteiger partial charge in [-0.2, -0.15) is 0 Å². The van der Waals surface area contributed by atoms with E-state index in [2.05, 4.69) is 25.3 Å². The fourth-order valence-corrected chi connectivity index (χ4v) is 4.15. The Morgan fingerprint density at radius 1 is 0.778 bits per heavy atom. The number of hydrogen-bond donors (Lipinski definition) is 0. The molecule has 0 radical (unpaired) electrons. The van der Waals surface area contributed by atoms with Crippen molar-refractivity contribution < 1.29 is 0 Å². The first-order valence-electron chi connectivity index (χ1n) is 8.07. The highest BCUT2D eigenvalue weighted by molar-refractivity contribution is 4.87. The van der Waals surface area contributed by atoms with Gasteiger partial charge in [-0.3, -0.25) is 0 Å². The molecule has 0 heterocycles. The van der Waals surface area contributed by atoms with Crippen molar-refractivity contribution in [2.75, 3.05) is 0 Å². The zero-order valence-electron chi connectivity index (χ0n) is 11.9. The summed E-state index contributed by atoms with van der Waals surface area (Å²) >= 11 is 0. The van der Waals surface area contributed by atoms with Gasteiger partial charge in [-0.15, -0.1) is 13.2 Å². The van der Waals surface area contributed by atoms with Crippen molar-refractivity contribution in [2.24, 2.45) is 23.7 Å². The first-order chi connectivity index (χ1) is 8.83. The zero-order valence-corrected chi connectivity index (χ0v) is 11.9. The Bertz CT molecular complexity index is 249. The monoisotopic (exact) mass is 246 g/mol. The lowest BCUT2D eigenvalue weighted by molar-refractivity contribution is 0.153. The summed E-state index contributed by atoms with van der Waals surface area (Å²) in [6.07, 6.45) is 18.6. The fraction of sp³-hybridized carbons (Fsp3) is 0.778. The van der Waals surface area contributed by atoms with Gasteiger partial charge in [0.05, 0.1) is 0 Å². The van der Waals surface area contributed by atoms with E-state index >= 15 is 0 Å².